The minimum absolute atomic E-state index is 0.211. The summed E-state index contributed by atoms with van der Waals surface area (Å²) in [6.45, 7) is 3.69. The van der Waals surface area contributed by atoms with E-state index in [0.717, 1.165) is 5.56 Å². The van der Waals surface area contributed by atoms with Gasteiger partial charge in [0.1, 0.15) is 16.8 Å². The number of nitrogens with one attached hydrogen (secondary N) is 1. The lowest BCUT2D eigenvalue weighted by molar-refractivity contribution is -0.119. The first-order chi connectivity index (χ1) is 12.8. The Morgan fingerprint density at radius 1 is 1.26 bits per heavy atom. The molecule has 1 atom stereocenters. The highest BCUT2D eigenvalue weighted by molar-refractivity contribution is 6.33. The highest BCUT2D eigenvalue weighted by Crippen LogP contribution is 2.23. The summed E-state index contributed by atoms with van der Waals surface area (Å²) in [5.74, 6) is -0.239. The average Bonchev–Trinajstić information content (AvgIpc) is 3.18. The Bertz CT molecular complexity index is 939. The number of halogens is 3. The van der Waals surface area contributed by atoms with Gasteiger partial charge in [-0.05, 0) is 25.5 Å². The van der Waals surface area contributed by atoms with E-state index in [1.807, 2.05) is 30.3 Å². The lowest BCUT2D eigenvalue weighted by Gasteiger charge is -2.13. The van der Waals surface area contributed by atoms with Crippen molar-refractivity contribution >= 4 is 23.3 Å². The van der Waals surface area contributed by atoms with Crippen LogP contribution in [-0.2, 0) is 11.3 Å². The average molecular weight is 394 g/mol. The van der Waals surface area contributed by atoms with Gasteiger partial charge >= 0.3 is 0 Å². The molecule has 1 aromatic carbocycles. The van der Waals surface area contributed by atoms with E-state index in [1.54, 1.807) is 24.7 Å². The fraction of sp³-hybridized carbons (Fsp3) is 0.278. The first-order valence-corrected chi connectivity index (χ1v) is 8.65. The van der Waals surface area contributed by atoms with Crippen molar-refractivity contribution in [3.05, 3.63) is 64.6 Å². The molecule has 0 aliphatic rings. The van der Waals surface area contributed by atoms with Crippen LogP contribution >= 0.6 is 11.6 Å². The normalized spacial score (nSPS) is 12.4. The molecular weight excluding hydrogens is 376 g/mol. The molecule has 0 spiro atoms. The van der Waals surface area contributed by atoms with Gasteiger partial charge in [-0.25, -0.2) is 8.78 Å². The number of nitrogens with zero attached hydrogens (tertiary/aromatic N) is 4. The molecule has 0 saturated heterocycles. The summed E-state index contributed by atoms with van der Waals surface area (Å²) < 4.78 is 28.5. The molecular formula is C18H18ClF2N5O. The molecule has 2 aromatic heterocycles. The zero-order valence-corrected chi connectivity index (χ0v) is 15.5. The Kier molecular flexibility index (Phi) is 5.55. The maximum absolute atomic E-state index is 12.8. The standard InChI is InChI=1S/C18H18ClF2N5O/c1-11-8-15(16(20)21)23-26(11)12(2)18(27)22-17-14(19)10-25(24-17)9-13-6-4-3-5-7-13/h3-8,10,12,16H,9H2,1-2H3,(H,22,24,27). The summed E-state index contributed by atoms with van der Waals surface area (Å²) in [5.41, 5.74) is 1.14. The van der Waals surface area contributed by atoms with Gasteiger partial charge in [-0.2, -0.15) is 10.2 Å². The number of alkyl halides is 2. The van der Waals surface area contributed by atoms with Gasteiger partial charge in [0.15, 0.2) is 5.82 Å². The van der Waals surface area contributed by atoms with Crippen LogP contribution in [0.1, 0.15) is 36.3 Å². The van der Waals surface area contributed by atoms with E-state index >= 15 is 0 Å². The lowest BCUT2D eigenvalue weighted by Crippen LogP contribution is -2.25. The summed E-state index contributed by atoms with van der Waals surface area (Å²) in [6, 6.07) is 10.1. The van der Waals surface area contributed by atoms with E-state index in [9.17, 15) is 13.6 Å². The van der Waals surface area contributed by atoms with Crippen LogP contribution in [0, 0.1) is 6.92 Å². The fourth-order valence-electron chi connectivity index (χ4n) is 2.68. The highest BCUT2D eigenvalue weighted by Gasteiger charge is 2.22. The molecule has 0 radical (unpaired) electrons. The Labute approximate surface area is 159 Å². The van der Waals surface area contributed by atoms with Gasteiger partial charge in [-0.3, -0.25) is 14.2 Å². The smallest absolute Gasteiger partial charge is 0.282 e. The second-order valence-corrected chi connectivity index (χ2v) is 6.54. The molecule has 0 aliphatic heterocycles. The number of rotatable bonds is 6. The maximum atomic E-state index is 12.8. The van der Waals surface area contributed by atoms with Crippen LogP contribution in [0.4, 0.5) is 14.6 Å². The summed E-state index contributed by atoms with van der Waals surface area (Å²) in [7, 11) is 0. The summed E-state index contributed by atoms with van der Waals surface area (Å²) in [5, 5.41) is 11.0. The third-order valence-electron chi connectivity index (χ3n) is 4.06. The van der Waals surface area contributed by atoms with Crippen molar-refractivity contribution in [1.82, 2.24) is 19.6 Å². The molecule has 0 bridgehead atoms. The molecule has 6 nitrogen and oxygen atoms in total. The largest absolute Gasteiger partial charge is 0.306 e. The second-order valence-electron chi connectivity index (χ2n) is 6.13. The number of carbonyl (C=O) groups is 1. The monoisotopic (exact) mass is 393 g/mol. The van der Waals surface area contributed by atoms with Gasteiger partial charge in [0.25, 0.3) is 6.43 Å². The first kappa shape index (κ1) is 19.0. The van der Waals surface area contributed by atoms with Crippen LogP contribution < -0.4 is 5.32 Å². The number of aryl methyl sites for hydroxylation is 1. The number of amides is 1. The van der Waals surface area contributed by atoms with E-state index in [1.165, 1.54) is 10.7 Å². The third kappa shape index (κ3) is 4.33. The first-order valence-electron chi connectivity index (χ1n) is 8.27. The molecule has 3 aromatic rings. The number of carbonyl (C=O) groups excluding carboxylic acids is 1. The number of hydrogen-bond donors (Lipinski definition) is 1. The molecule has 0 saturated carbocycles. The number of hydrogen-bond acceptors (Lipinski definition) is 3. The molecule has 0 fully saturated rings. The molecule has 9 heteroatoms. The van der Waals surface area contributed by atoms with Crippen LogP contribution in [-0.4, -0.2) is 25.5 Å². The predicted molar refractivity (Wildman–Crippen MR) is 98.0 cm³/mol. The summed E-state index contributed by atoms with van der Waals surface area (Å²) >= 11 is 6.16. The van der Waals surface area contributed by atoms with Crippen LogP contribution in [0.2, 0.25) is 5.02 Å². The predicted octanol–water partition coefficient (Wildman–Crippen LogP) is 4.23. The van der Waals surface area contributed by atoms with Crippen molar-refractivity contribution in [1.29, 1.82) is 0 Å². The third-order valence-corrected chi connectivity index (χ3v) is 4.33. The molecule has 1 N–H and O–H groups in total. The van der Waals surface area contributed by atoms with E-state index in [-0.39, 0.29) is 16.5 Å². The van der Waals surface area contributed by atoms with Crippen LogP contribution in [0.25, 0.3) is 0 Å². The van der Waals surface area contributed by atoms with Crippen LogP contribution in [0.3, 0.4) is 0 Å². The van der Waals surface area contributed by atoms with Crippen molar-refractivity contribution in [2.75, 3.05) is 5.32 Å². The topological polar surface area (TPSA) is 64.7 Å². The van der Waals surface area contributed by atoms with Gasteiger partial charge in [0, 0.05) is 11.9 Å². The Hall–Kier alpha value is -2.74. The minimum atomic E-state index is -2.69. The van der Waals surface area contributed by atoms with Crippen molar-refractivity contribution < 1.29 is 13.6 Å². The maximum Gasteiger partial charge on any atom is 0.282 e. The van der Waals surface area contributed by atoms with Gasteiger partial charge < -0.3 is 5.32 Å². The second kappa shape index (κ2) is 7.87. The van der Waals surface area contributed by atoms with Gasteiger partial charge in [0.05, 0.1) is 6.54 Å². The molecule has 0 aliphatic carbocycles. The van der Waals surface area contributed by atoms with Gasteiger partial charge in [-0.1, -0.05) is 41.9 Å². The van der Waals surface area contributed by atoms with Crippen molar-refractivity contribution in [2.24, 2.45) is 0 Å². The van der Waals surface area contributed by atoms with Gasteiger partial charge in [-0.15, -0.1) is 0 Å². The number of benzene rings is 1. The zero-order valence-electron chi connectivity index (χ0n) is 14.7. The zero-order chi connectivity index (χ0) is 19.6. The van der Waals surface area contributed by atoms with Crippen molar-refractivity contribution in [2.45, 2.75) is 32.9 Å². The Morgan fingerprint density at radius 2 is 1.96 bits per heavy atom. The molecule has 2 heterocycles. The van der Waals surface area contributed by atoms with Crippen LogP contribution in [0.15, 0.2) is 42.6 Å². The fourth-order valence-corrected chi connectivity index (χ4v) is 2.87. The Morgan fingerprint density at radius 3 is 2.59 bits per heavy atom. The minimum Gasteiger partial charge on any atom is -0.306 e. The summed E-state index contributed by atoms with van der Waals surface area (Å²) in [6.07, 6.45) is -1.08. The molecule has 27 heavy (non-hydrogen) atoms. The van der Waals surface area contributed by atoms with Gasteiger partial charge in [0.2, 0.25) is 5.91 Å². The molecule has 1 unspecified atom stereocenters. The molecule has 142 valence electrons. The SMILES string of the molecule is Cc1cc(C(F)F)nn1C(C)C(=O)Nc1nn(Cc2ccccc2)cc1Cl. The van der Waals surface area contributed by atoms with E-state index in [0.29, 0.717) is 12.2 Å². The molecule has 3 rings (SSSR count). The lowest BCUT2D eigenvalue weighted by atomic mass is 10.2. The number of aromatic nitrogens is 4. The molecule has 1 amide bonds. The van der Waals surface area contributed by atoms with E-state index < -0.39 is 18.4 Å². The highest BCUT2D eigenvalue weighted by atomic mass is 35.5. The van der Waals surface area contributed by atoms with E-state index in [4.69, 9.17) is 11.6 Å². The van der Waals surface area contributed by atoms with Crippen LogP contribution in [0.5, 0.6) is 0 Å². The summed E-state index contributed by atoms with van der Waals surface area (Å²) in [4.78, 5) is 12.5. The van der Waals surface area contributed by atoms with Crippen molar-refractivity contribution in [3.63, 3.8) is 0 Å². The quantitative estimate of drug-likeness (QED) is 0.681. The van der Waals surface area contributed by atoms with Crippen molar-refractivity contribution in [3.8, 4) is 0 Å². The van der Waals surface area contributed by atoms with E-state index in [2.05, 4.69) is 15.5 Å². The number of anilines is 1. The Balaban J connectivity index is 1.72.